The van der Waals surface area contributed by atoms with Crippen molar-refractivity contribution in [3.63, 3.8) is 0 Å². The number of aryl methyl sites for hydroxylation is 1. The summed E-state index contributed by atoms with van der Waals surface area (Å²) in [6.07, 6.45) is 3.82. The molecular formula is C21H30N4O3. The van der Waals surface area contributed by atoms with E-state index in [0.717, 1.165) is 29.9 Å². The first-order chi connectivity index (χ1) is 13.2. The molecule has 3 rings (SSSR count). The van der Waals surface area contributed by atoms with Crippen LogP contribution in [0.1, 0.15) is 51.6 Å². The predicted octanol–water partition coefficient (Wildman–Crippen LogP) is 3.30. The summed E-state index contributed by atoms with van der Waals surface area (Å²) >= 11 is 0. The average Bonchev–Trinajstić information content (AvgIpc) is 2.95. The van der Waals surface area contributed by atoms with Crippen LogP contribution < -0.4 is 5.32 Å². The Hall–Kier alpha value is -2.57. The average molecular weight is 386 g/mol. The van der Waals surface area contributed by atoms with E-state index in [2.05, 4.69) is 10.3 Å². The number of carbonyl (C=O) groups is 2. The van der Waals surface area contributed by atoms with E-state index in [1.165, 1.54) is 0 Å². The first kappa shape index (κ1) is 20.2. The van der Waals surface area contributed by atoms with Crippen LogP contribution in [-0.4, -0.2) is 45.0 Å². The summed E-state index contributed by atoms with van der Waals surface area (Å²) in [6, 6.07) is 5.95. The molecule has 1 fully saturated rings. The normalized spacial score (nSPS) is 15.6. The predicted molar refractivity (Wildman–Crippen MR) is 107 cm³/mol. The minimum atomic E-state index is -0.483. The van der Waals surface area contributed by atoms with Crippen molar-refractivity contribution in [2.45, 2.75) is 59.1 Å². The molecule has 2 aromatic rings. The zero-order valence-electron chi connectivity index (χ0n) is 17.2. The van der Waals surface area contributed by atoms with Crippen molar-refractivity contribution >= 4 is 17.5 Å². The third kappa shape index (κ3) is 5.03. The lowest BCUT2D eigenvalue weighted by Crippen LogP contribution is -2.42. The summed E-state index contributed by atoms with van der Waals surface area (Å²) in [6.45, 7) is 9.26. The van der Waals surface area contributed by atoms with Crippen molar-refractivity contribution in [1.82, 2.24) is 19.6 Å². The zero-order valence-corrected chi connectivity index (χ0v) is 17.2. The van der Waals surface area contributed by atoms with Gasteiger partial charge in [0.2, 0.25) is 5.91 Å². The largest absolute Gasteiger partial charge is 0.444 e. The van der Waals surface area contributed by atoms with E-state index < -0.39 is 5.60 Å². The molecule has 0 bridgehead atoms. The molecule has 1 aliphatic rings. The third-order valence-electron chi connectivity index (χ3n) is 4.99. The van der Waals surface area contributed by atoms with E-state index in [1.807, 2.05) is 56.5 Å². The SMILES string of the molecule is Cc1nc(CNC(=O)CC2CCN(C(=O)OC(C)(C)C)CC2)c2ccccn12. The van der Waals surface area contributed by atoms with Crippen molar-refractivity contribution in [1.29, 1.82) is 0 Å². The fourth-order valence-corrected chi connectivity index (χ4v) is 3.56. The third-order valence-corrected chi connectivity index (χ3v) is 4.99. The number of fused-ring (bicyclic) bond motifs is 1. The number of likely N-dealkylation sites (tertiary alicyclic amines) is 1. The van der Waals surface area contributed by atoms with Crippen LogP contribution in [-0.2, 0) is 16.1 Å². The molecule has 0 spiro atoms. The van der Waals surface area contributed by atoms with Gasteiger partial charge in [-0.15, -0.1) is 0 Å². The molecule has 0 atom stereocenters. The van der Waals surface area contributed by atoms with Crippen molar-refractivity contribution in [2.24, 2.45) is 5.92 Å². The maximum Gasteiger partial charge on any atom is 0.410 e. The molecule has 7 heteroatoms. The second kappa shape index (κ2) is 8.20. The number of piperidine rings is 1. The first-order valence-corrected chi connectivity index (χ1v) is 9.90. The van der Waals surface area contributed by atoms with E-state index in [-0.39, 0.29) is 12.0 Å². The highest BCUT2D eigenvalue weighted by molar-refractivity contribution is 5.76. The Kier molecular flexibility index (Phi) is 5.91. The Morgan fingerprint density at radius 3 is 2.64 bits per heavy atom. The number of imidazole rings is 1. The summed E-state index contributed by atoms with van der Waals surface area (Å²) in [5.74, 6) is 1.24. The van der Waals surface area contributed by atoms with Gasteiger partial charge in [-0.05, 0) is 58.6 Å². The van der Waals surface area contributed by atoms with Gasteiger partial charge in [-0.3, -0.25) is 4.79 Å². The molecule has 28 heavy (non-hydrogen) atoms. The molecule has 2 aromatic heterocycles. The number of aromatic nitrogens is 2. The lowest BCUT2D eigenvalue weighted by atomic mass is 9.93. The molecule has 0 aliphatic carbocycles. The first-order valence-electron chi connectivity index (χ1n) is 9.90. The quantitative estimate of drug-likeness (QED) is 0.875. The van der Waals surface area contributed by atoms with Crippen LogP contribution in [0, 0.1) is 12.8 Å². The maximum absolute atomic E-state index is 12.4. The molecule has 3 heterocycles. The second-order valence-electron chi connectivity index (χ2n) is 8.45. The fraction of sp³-hybridized carbons (Fsp3) is 0.571. The van der Waals surface area contributed by atoms with Crippen LogP contribution in [0.3, 0.4) is 0 Å². The van der Waals surface area contributed by atoms with Crippen LogP contribution in [0.15, 0.2) is 24.4 Å². The van der Waals surface area contributed by atoms with Gasteiger partial charge < -0.3 is 19.4 Å². The molecule has 0 saturated carbocycles. The van der Waals surface area contributed by atoms with Gasteiger partial charge in [0.1, 0.15) is 11.4 Å². The Morgan fingerprint density at radius 2 is 1.96 bits per heavy atom. The molecule has 7 nitrogen and oxygen atoms in total. The van der Waals surface area contributed by atoms with Gasteiger partial charge >= 0.3 is 6.09 Å². The molecule has 0 aromatic carbocycles. The number of amides is 2. The van der Waals surface area contributed by atoms with Crippen molar-refractivity contribution < 1.29 is 14.3 Å². The number of nitrogens with zero attached hydrogens (tertiary/aromatic N) is 3. The van der Waals surface area contributed by atoms with Crippen LogP contribution in [0.25, 0.3) is 5.52 Å². The van der Waals surface area contributed by atoms with E-state index >= 15 is 0 Å². The minimum absolute atomic E-state index is 0.0328. The van der Waals surface area contributed by atoms with Gasteiger partial charge in [0.15, 0.2) is 0 Å². The number of hydrogen-bond acceptors (Lipinski definition) is 4. The number of nitrogens with one attached hydrogen (secondary N) is 1. The van der Waals surface area contributed by atoms with Crippen LogP contribution in [0.2, 0.25) is 0 Å². The lowest BCUT2D eigenvalue weighted by molar-refractivity contribution is -0.122. The summed E-state index contributed by atoms with van der Waals surface area (Å²) in [5, 5.41) is 3.00. The molecule has 1 aliphatic heterocycles. The van der Waals surface area contributed by atoms with Crippen molar-refractivity contribution in [3.05, 3.63) is 35.9 Å². The number of pyridine rings is 1. The Bertz CT molecular complexity index is 845. The topological polar surface area (TPSA) is 75.9 Å². The minimum Gasteiger partial charge on any atom is -0.444 e. The van der Waals surface area contributed by atoms with E-state index in [9.17, 15) is 9.59 Å². The van der Waals surface area contributed by atoms with Gasteiger partial charge in [-0.1, -0.05) is 6.07 Å². The Morgan fingerprint density at radius 1 is 1.25 bits per heavy atom. The van der Waals surface area contributed by atoms with Crippen LogP contribution in [0.4, 0.5) is 4.79 Å². The zero-order chi connectivity index (χ0) is 20.3. The van der Waals surface area contributed by atoms with Crippen molar-refractivity contribution in [2.75, 3.05) is 13.1 Å². The highest BCUT2D eigenvalue weighted by Crippen LogP contribution is 2.22. The van der Waals surface area contributed by atoms with Gasteiger partial charge in [-0.25, -0.2) is 9.78 Å². The number of ether oxygens (including phenoxy) is 1. The number of hydrogen-bond donors (Lipinski definition) is 1. The summed E-state index contributed by atoms with van der Waals surface area (Å²) in [7, 11) is 0. The smallest absolute Gasteiger partial charge is 0.410 e. The lowest BCUT2D eigenvalue weighted by Gasteiger charge is -2.33. The molecule has 1 saturated heterocycles. The molecule has 0 unspecified atom stereocenters. The molecule has 152 valence electrons. The summed E-state index contributed by atoms with van der Waals surface area (Å²) in [4.78, 5) is 30.8. The van der Waals surface area contributed by atoms with Crippen molar-refractivity contribution in [3.8, 4) is 0 Å². The van der Waals surface area contributed by atoms with E-state index in [1.54, 1.807) is 4.90 Å². The van der Waals surface area contributed by atoms with Gasteiger partial charge in [0, 0.05) is 25.7 Å². The number of rotatable bonds is 4. The van der Waals surface area contributed by atoms with Gasteiger partial charge in [-0.2, -0.15) is 0 Å². The van der Waals surface area contributed by atoms with Crippen LogP contribution in [0.5, 0.6) is 0 Å². The summed E-state index contributed by atoms with van der Waals surface area (Å²) < 4.78 is 7.44. The van der Waals surface area contributed by atoms with Gasteiger partial charge in [0.25, 0.3) is 0 Å². The Balaban J connectivity index is 1.45. The highest BCUT2D eigenvalue weighted by Gasteiger charge is 2.27. The van der Waals surface area contributed by atoms with E-state index in [0.29, 0.717) is 32.0 Å². The molecule has 0 radical (unpaired) electrons. The second-order valence-corrected chi connectivity index (χ2v) is 8.45. The molecule has 2 amide bonds. The maximum atomic E-state index is 12.4. The fourth-order valence-electron chi connectivity index (χ4n) is 3.56. The summed E-state index contributed by atoms with van der Waals surface area (Å²) in [5.41, 5.74) is 1.42. The monoisotopic (exact) mass is 386 g/mol. The van der Waals surface area contributed by atoms with Crippen LogP contribution >= 0.6 is 0 Å². The highest BCUT2D eigenvalue weighted by atomic mass is 16.6. The standard InChI is InChI=1S/C21H30N4O3/c1-15-23-17(18-7-5-6-10-25(15)18)14-22-19(26)13-16-8-11-24(12-9-16)20(27)28-21(2,3)4/h5-7,10,16H,8-9,11-14H2,1-4H3,(H,22,26). The number of carbonyl (C=O) groups excluding carboxylic acids is 2. The molecular weight excluding hydrogens is 356 g/mol. The molecule has 1 N–H and O–H groups in total. The van der Waals surface area contributed by atoms with E-state index in [4.69, 9.17) is 4.74 Å². The Labute approximate surface area is 166 Å². The van der Waals surface area contributed by atoms with Gasteiger partial charge in [0.05, 0.1) is 17.8 Å².